The maximum atomic E-state index is 12.2. The molecule has 0 aromatic rings. The van der Waals surface area contributed by atoms with Gasteiger partial charge in [0.25, 0.3) is 0 Å². The van der Waals surface area contributed by atoms with Crippen LogP contribution in [0.3, 0.4) is 0 Å². The van der Waals surface area contributed by atoms with Crippen LogP contribution in [-0.4, -0.2) is 67.4 Å². The van der Waals surface area contributed by atoms with E-state index in [1.807, 2.05) is 4.90 Å². The highest BCUT2D eigenvalue weighted by molar-refractivity contribution is 5.83. The van der Waals surface area contributed by atoms with E-state index in [0.717, 1.165) is 32.6 Å². The Morgan fingerprint density at radius 2 is 1.88 bits per heavy atom. The van der Waals surface area contributed by atoms with E-state index in [4.69, 9.17) is 5.73 Å². The normalized spacial score (nSPS) is 25.1. The highest BCUT2D eigenvalue weighted by Gasteiger charge is 2.33. The Balaban J connectivity index is 1.87. The first kappa shape index (κ1) is 12.3. The summed E-state index contributed by atoms with van der Waals surface area (Å²) in [5.41, 5.74) is 5.32. The number of nitrogens with zero attached hydrogens (tertiary/aromatic N) is 2. The molecule has 0 bridgehead atoms. The zero-order chi connectivity index (χ0) is 12.3. The molecule has 2 fully saturated rings. The number of likely N-dealkylation sites (tertiary alicyclic amines) is 1. The minimum Gasteiger partial charge on any atom is -0.341 e. The van der Waals surface area contributed by atoms with Gasteiger partial charge in [-0.1, -0.05) is 0 Å². The zero-order valence-corrected chi connectivity index (χ0v) is 10.0. The van der Waals surface area contributed by atoms with Crippen LogP contribution in [0.4, 0.5) is 0 Å². The molecule has 6 heteroatoms. The fourth-order valence-electron chi connectivity index (χ4n) is 2.46. The van der Waals surface area contributed by atoms with Crippen LogP contribution >= 0.6 is 0 Å². The Bertz CT molecular complexity index is 302. The molecule has 2 aliphatic heterocycles. The van der Waals surface area contributed by atoms with Gasteiger partial charge in [-0.3, -0.25) is 9.59 Å². The number of hydrogen-bond acceptors (Lipinski definition) is 4. The maximum absolute atomic E-state index is 12.2. The van der Waals surface area contributed by atoms with Crippen molar-refractivity contribution in [1.29, 1.82) is 0 Å². The third-order valence-corrected chi connectivity index (χ3v) is 3.49. The minimum absolute atomic E-state index is 0.0244. The molecule has 3 N–H and O–H groups in total. The van der Waals surface area contributed by atoms with E-state index in [0.29, 0.717) is 13.1 Å². The predicted molar refractivity (Wildman–Crippen MR) is 63.2 cm³/mol. The molecule has 17 heavy (non-hydrogen) atoms. The summed E-state index contributed by atoms with van der Waals surface area (Å²) in [6.07, 6.45) is 0.772. The Labute approximate surface area is 101 Å². The van der Waals surface area contributed by atoms with Crippen molar-refractivity contribution in [2.24, 2.45) is 11.7 Å². The Kier molecular flexibility index (Phi) is 3.96. The van der Waals surface area contributed by atoms with Gasteiger partial charge < -0.3 is 20.9 Å². The van der Waals surface area contributed by atoms with Gasteiger partial charge in [0.05, 0.1) is 12.5 Å². The lowest BCUT2D eigenvalue weighted by Crippen LogP contribution is -2.49. The monoisotopic (exact) mass is 240 g/mol. The first-order chi connectivity index (χ1) is 8.22. The van der Waals surface area contributed by atoms with Gasteiger partial charge >= 0.3 is 0 Å². The number of rotatable bonds is 2. The molecular weight excluding hydrogens is 220 g/mol. The van der Waals surface area contributed by atoms with Gasteiger partial charge in [-0.2, -0.15) is 0 Å². The lowest BCUT2D eigenvalue weighted by molar-refractivity contribution is -0.136. The van der Waals surface area contributed by atoms with Gasteiger partial charge in [-0.25, -0.2) is 0 Å². The van der Waals surface area contributed by atoms with Gasteiger partial charge in [0.2, 0.25) is 11.8 Å². The van der Waals surface area contributed by atoms with E-state index in [9.17, 15) is 9.59 Å². The van der Waals surface area contributed by atoms with Crippen molar-refractivity contribution in [2.75, 3.05) is 45.8 Å². The van der Waals surface area contributed by atoms with Gasteiger partial charge in [-0.15, -0.1) is 0 Å². The fourth-order valence-corrected chi connectivity index (χ4v) is 2.46. The van der Waals surface area contributed by atoms with Crippen molar-refractivity contribution >= 4 is 11.8 Å². The Morgan fingerprint density at radius 1 is 1.18 bits per heavy atom. The summed E-state index contributed by atoms with van der Waals surface area (Å²) in [4.78, 5) is 27.2. The molecule has 0 aromatic heterocycles. The standard InChI is InChI=1S/C11H20N4O2/c12-7-10(16)15-4-1-9(8-15)11(17)14-5-2-13-3-6-14/h9,13H,1-8,12H2. The molecule has 2 aliphatic rings. The van der Waals surface area contributed by atoms with Crippen molar-refractivity contribution in [2.45, 2.75) is 6.42 Å². The Morgan fingerprint density at radius 3 is 2.53 bits per heavy atom. The molecule has 0 radical (unpaired) electrons. The lowest BCUT2D eigenvalue weighted by Gasteiger charge is -2.29. The summed E-state index contributed by atoms with van der Waals surface area (Å²) >= 11 is 0. The summed E-state index contributed by atoms with van der Waals surface area (Å²) < 4.78 is 0. The second kappa shape index (κ2) is 5.46. The highest BCUT2D eigenvalue weighted by atomic mass is 16.2. The van der Waals surface area contributed by atoms with Crippen LogP contribution in [0, 0.1) is 5.92 Å². The van der Waals surface area contributed by atoms with E-state index >= 15 is 0 Å². The van der Waals surface area contributed by atoms with Gasteiger partial charge in [-0.05, 0) is 6.42 Å². The number of carbonyl (C=O) groups excluding carboxylic acids is 2. The number of hydrogen-bond donors (Lipinski definition) is 2. The minimum atomic E-state index is -0.0550. The van der Waals surface area contributed by atoms with Crippen LogP contribution in [0.25, 0.3) is 0 Å². The quantitative estimate of drug-likeness (QED) is 0.598. The first-order valence-corrected chi connectivity index (χ1v) is 6.19. The van der Waals surface area contributed by atoms with Crippen LogP contribution in [-0.2, 0) is 9.59 Å². The second-order valence-electron chi connectivity index (χ2n) is 4.60. The number of amides is 2. The van der Waals surface area contributed by atoms with Crippen LogP contribution < -0.4 is 11.1 Å². The van der Waals surface area contributed by atoms with Crippen molar-refractivity contribution in [3.8, 4) is 0 Å². The van der Waals surface area contributed by atoms with E-state index in [1.54, 1.807) is 4.90 Å². The molecule has 6 nitrogen and oxygen atoms in total. The Hall–Kier alpha value is -1.14. The lowest BCUT2D eigenvalue weighted by atomic mass is 10.1. The number of nitrogens with one attached hydrogen (secondary N) is 1. The molecule has 96 valence electrons. The van der Waals surface area contributed by atoms with Crippen LogP contribution in [0.1, 0.15) is 6.42 Å². The molecule has 0 aliphatic carbocycles. The summed E-state index contributed by atoms with van der Waals surface area (Å²) in [5.74, 6) is 0.114. The van der Waals surface area contributed by atoms with Crippen LogP contribution in [0.2, 0.25) is 0 Å². The summed E-state index contributed by atoms with van der Waals surface area (Å²) in [6, 6.07) is 0. The van der Waals surface area contributed by atoms with Crippen LogP contribution in [0.5, 0.6) is 0 Å². The molecule has 2 amide bonds. The number of piperazine rings is 1. The van der Waals surface area contributed by atoms with Gasteiger partial charge in [0.1, 0.15) is 0 Å². The zero-order valence-electron chi connectivity index (χ0n) is 10.0. The molecule has 0 aromatic carbocycles. The second-order valence-corrected chi connectivity index (χ2v) is 4.60. The molecule has 2 saturated heterocycles. The maximum Gasteiger partial charge on any atom is 0.236 e. The largest absolute Gasteiger partial charge is 0.341 e. The van der Waals surface area contributed by atoms with Crippen molar-refractivity contribution < 1.29 is 9.59 Å². The van der Waals surface area contributed by atoms with E-state index in [-0.39, 0.29) is 24.3 Å². The number of nitrogens with two attached hydrogens (primary N) is 1. The summed E-state index contributed by atoms with van der Waals surface area (Å²) in [7, 11) is 0. The molecular formula is C11H20N4O2. The molecule has 2 rings (SSSR count). The summed E-state index contributed by atoms with van der Waals surface area (Å²) in [6.45, 7) is 4.53. The van der Waals surface area contributed by atoms with Crippen LogP contribution in [0.15, 0.2) is 0 Å². The van der Waals surface area contributed by atoms with E-state index in [1.165, 1.54) is 0 Å². The third-order valence-electron chi connectivity index (χ3n) is 3.49. The highest BCUT2D eigenvalue weighted by Crippen LogP contribution is 2.18. The molecule has 0 spiro atoms. The molecule has 1 unspecified atom stereocenters. The molecule has 1 atom stereocenters. The van der Waals surface area contributed by atoms with Gasteiger partial charge in [0, 0.05) is 39.3 Å². The molecule has 2 heterocycles. The smallest absolute Gasteiger partial charge is 0.236 e. The topological polar surface area (TPSA) is 78.7 Å². The summed E-state index contributed by atoms with van der Waals surface area (Å²) in [5, 5.41) is 3.22. The van der Waals surface area contributed by atoms with Crippen molar-refractivity contribution in [1.82, 2.24) is 15.1 Å². The van der Waals surface area contributed by atoms with E-state index in [2.05, 4.69) is 5.32 Å². The molecule has 0 saturated carbocycles. The first-order valence-electron chi connectivity index (χ1n) is 6.19. The van der Waals surface area contributed by atoms with Crippen molar-refractivity contribution in [3.63, 3.8) is 0 Å². The average molecular weight is 240 g/mol. The van der Waals surface area contributed by atoms with Crippen molar-refractivity contribution in [3.05, 3.63) is 0 Å². The number of carbonyl (C=O) groups is 2. The SMILES string of the molecule is NCC(=O)N1CCC(C(=O)N2CCNCC2)C1. The average Bonchev–Trinajstić information content (AvgIpc) is 2.87. The fraction of sp³-hybridized carbons (Fsp3) is 0.818. The van der Waals surface area contributed by atoms with E-state index < -0.39 is 0 Å². The third kappa shape index (κ3) is 2.76. The predicted octanol–water partition coefficient (Wildman–Crippen LogP) is -1.77. The van der Waals surface area contributed by atoms with Gasteiger partial charge in [0.15, 0.2) is 0 Å².